The van der Waals surface area contributed by atoms with Crippen LogP contribution in [0.4, 0.5) is 0 Å². The monoisotopic (exact) mass is 243 g/mol. The van der Waals surface area contributed by atoms with Crippen molar-refractivity contribution in [1.82, 2.24) is 0 Å². The number of hydrogen-bond acceptors (Lipinski definition) is 1. The van der Waals surface area contributed by atoms with Gasteiger partial charge >= 0.3 is 0 Å². The van der Waals surface area contributed by atoms with Gasteiger partial charge in [0.2, 0.25) is 0 Å². The highest BCUT2D eigenvalue weighted by Gasteiger charge is 2.41. The van der Waals surface area contributed by atoms with Gasteiger partial charge in [-0.1, -0.05) is 36.2 Å². The standard InChI is InChI=1S/C17H25N/c1-12-2-4-13(5-3-12)7-9-17(18)16-11-14-6-8-15(16)10-14/h2-5,14-17H,6-11,18H2,1H3. The minimum atomic E-state index is 0.432. The zero-order valence-electron chi connectivity index (χ0n) is 11.4. The molecule has 1 aromatic carbocycles. The van der Waals surface area contributed by atoms with Crippen molar-refractivity contribution in [3.05, 3.63) is 35.4 Å². The van der Waals surface area contributed by atoms with Gasteiger partial charge in [0.25, 0.3) is 0 Å². The molecule has 2 aliphatic carbocycles. The lowest BCUT2D eigenvalue weighted by Crippen LogP contribution is -2.34. The topological polar surface area (TPSA) is 26.0 Å². The van der Waals surface area contributed by atoms with Crippen LogP contribution in [0.2, 0.25) is 0 Å². The van der Waals surface area contributed by atoms with Crippen molar-refractivity contribution in [2.45, 2.75) is 51.5 Å². The molecule has 2 aliphatic rings. The van der Waals surface area contributed by atoms with E-state index >= 15 is 0 Å². The number of rotatable bonds is 4. The molecule has 2 fully saturated rings. The minimum absolute atomic E-state index is 0.432. The molecule has 1 nitrogen and oxygen atoms in total. The van der Waals surface area contributed by atoms with Gasteiger partial charge in [-0.3, -0.25) is 0 Å². The normalized spacial score (nSPS) is 31.8. The summed E-state index contributed by atoms with van der Waals surface area (Å²) >= 11 is 0. The predicted molar refractivity (Wildman–Crippen MR) is 76.4 cm³/mol. The maximum absolute atomic E-state index is 6.44. The van der Waals surface area contributed by atoms with Gasteiger partial charge in [-0.05, 0) is 62.3 Å². The fourth-order valence-electron chi connectivity index (χ4n) is 4.12. The molecule has 1 aromatic rings. The van der Waals surface area contributed by atoms with Gasteiger partial charge in [0, 0.05) is 6.04 Å². The molecule has 2 bridgehead atoms. The Kier molecular flexibility index (Phi) is 3.43. The highest BCUT2D eigenvalue weighted by atomic mass is 14.7. The van der Waals surface area contributed by atoms with Crippen LogP contribution in [-0.2, 0) is 6.42 Å². The molecule has 0 aliphatic heterocycles. The summed E-state index contributed by atoms with van der Waals surface area (Å²) in [5, 5.41) is 0. The van der Waals surface area contributed by atoms with Crippen molar-refractivity contribution in [3.63, 3.8) is 0 Å². The van der Waals surface area contributed by atoms with Crippen molar-refractivity contribution < 1.29 is 0 Å². The zero-order valence-corrected chi connectivity index (χ0v) is 11.4. The van der Waals surface area contributed by atoms with E-state index in [1.807, 2.05) is 0 Å². The molecule has 1 heteroatoms. The Morgan fingerprint density at radius 3 is 2.56 bits per heavy atom. The first-order valence-corrected chi connectivity index (χ1v) is 7.53. The lowest BCUT2D eigenvalue weighted by atomic mass is 9.81. The van der Waals surface area contributed by atoms with Crippen LogP contribution in [0, 0.1) is 24.7 Å². The molecular formula is C17H25N. The van der Waals surface area contributed by atoms with E-state index < -0.39 is 0 Å². The van der Waals surface area contributed by atoms with E-state index in [2.05, 4.69) is 31.2 Å². The van der Waals surface area contributed by atoms with Crippen LogP contribution < -0.4 is 5.73 Å². The second-order valence-electron chi connectivity index (χ2n) is 6.53. The van der Waals surface area contributed by atoms with E-state index in [1.165, 1.54) is 36.8 Å². The SMILES string of the molecule is Cc1ccc(CCC(N)C2CC3CCC2C3)cc1. The lowest BCUT2D eigenvalue weighted by Gasteiger charge is -2.27. The third kappa shape index (κ3) is 2.47. The van der Waals surface area contributed by atoms with E-state index in [-0.39, 0.29) is 0 Å². The Balaban J connectivity index is 1.52. The molecule has 0 amide bonds. The molecule has 0 aromatic heterocycles. The van der Waals surface area contributed by atoms with E-state index in [0.29, 0.717) is 6.04 Å². The van der Waals surface area contributed by atoms with Crippen LogP contribution in [0.3, 0.4) is 0 Å². The number of aryl methyl sites for hydroxylation is 2. The smallest absolute Gasteiger partial charge is 0.00730 e. The summed E-state index contributed by atoms with van der Waals surface area (Å²) in [5.41, 5.74) is 9.23. The highest BCUT2D eigenvalue weighted by molar-refractivity contribution is 5.21. The third-order valence-corrected chi connectivity index (χ3v) is 5.23. The number of nitrogens with two attached hydrogens (primary N) is 1. The molecule has 4 atom stereocenters. The van der Waals surface area contributed by atoms with Crippen molar-refractivity contribution in [1.29, 1.82) is 0 Å². The van der Waals surface area contributed by atoms with Gasteiger partial charge in [-0.2, -0.15) is 0 Å². The number of benzene rings is 1. The molecule has 3 rings (SSSR count). The second-order valence-corrected chi connectivity index (χ2v) is 6.53. The molecular weight excluding hydrogens is 218 g/mol. The maximum atomic E-state index is 6.44. The summed E-state index contributed by atoms with van der Waals surface area (Å²) < 4.78 is 0. The average molecular weight is 243 g/mol. The van der Waals surface area contributed by atoms with Crippen molar-refractivity contribution >= 4 is 0 Å². The van der Waals surface area contributed by atoms with Gasteiger partial charge in [0.1, 0.15) is 0 Å². The van der Waals surface area contributed by atoms with Crippen LogP contribution in [0.1, 0.15) is 43.2 Å². The van der Waals surface area contributed by atoms with Crippen molar-refractivity contribution in [3.8, 4) is 0 Å². The molecule has 2 N–H and O–H groups in total. The van der Waals surface area contributed by atoms with Crippen LogP contribution in [0.25, 0.3) is 0 Å². The molecule has 2 saturated carbocycles. The summed E-state index contributed by atoms with van der Waals surface area (Å²) in [5.74, 6) is 2.81. The Morgan fingerprint density at radius 1 is 1.17 bits per heavy atom. The molecule has 98 valence electrons. The van der Waals surface area contributed by atoms with Crippen LogP contribution in [0.5, 0.6) is 0 Å². The number of fused-ring (bicyclic) bond motifs is 2. The Labute approximate surface area is 111 Å². The Hall–Kier alpha value is -0.820. The fraction of sp³-hybridized carbons (Fsp3) is 0.647. The second kappa shape index (κ2) is 5.05. The first-order chi connectivity index (χ1) is 8.72. The van der Waals surface area contributed by atoms with E-state index in [4.69, 9.17) is 5.73 Å². The molecule has 0 saturated heterocycles. The molecule has 0 heterocycles. The largest absolute Gasteiger partial charge is 0.327 e. The fourth-order valence-corrected chi connectivity index (χ4v) is 4.12. The molecule has 4 unspecified atom stereocenters. The third-order valence-electron chi connectivity index (χ3n) is 5.23. The summed E-state index contributed by atoms with van der Waals surface area (Å²) in [4.78, 5) is 0. The molecule has 0 spiro atoms. The highest BCUT2D eigenvalue weighted by Crippen LogP contribution is 2.49. The maximum Gasteiger partial charge on any atom is 0.00730 e. The van der Waals surface area contributed by atoms with E-state index in [1.54, 1.807) is 0 Å². The van der Waals surface area contributed by atoms with Crippen molar-refractivity contribution in [2.24, 2.45) is 23.5 Å². The van der Waals surface area contributed by atoms with Gasteiger partial charge in [0.15, 0.2) is 0 Å². The molecule has 0 radical (unpaired) electrons. The van der Waals surface area contributed by atoms with E-state index in [0.717, 1.165) is 30.6 Å². The summed E-state index contributed by atoms with van der Waals surface area (Å²) in [6.07, 6.45) is 8.13. The predicted octanol–water partition coefficient (Wildman–Crippen LogP) is 3.69. The summed E-state index contributed by atoms with van der Waals surface area (Å²) in [6, 6.07) is 9.35. The Bertz CT molecular complexity index is 395. The number of hydrogen-bond donors (Lipinski definition) is 1. The van der Waals surface area contributed by atoms with Gasteiger partial charge in [-0.15, -0.1) is 0 Å². The first-order valence-electron chi connectivity index (χ1n) is 7.53. The average Bonchev–Trinajstić information content (AvgIpc) is 3.00. The van der Waals surface area contributed by atoms with Gasteiger partial charge < -0.3 is 5.73 Å². The summed E-state index contributed by atoms with van der Waals surface area (Å²) in [7, 11) is 0. The quantitative estimate of drug-likeness (QED) is 0.857. The van der Waals surface area contributed by atoms with E-state index in [9.17, 15) is 0 Å². The van der Waals surface area contributed by atoms with Crippen LogP contribution in [-0.4, -0.2) is 6.04 Å². The molecule has 18 heavy (non-hydrogen) atoms. The first kappa shape index (κ1) is 12.2. The minimum Gasteiger partial charge on any atom is -0.327 e. The summed E-state index contributed by atoms with van der Waals surface area (Å²) in [6.45, 7) is 2.14. The van der Waals surface area contributed by atoms with Gasteiger partial charge in [0.05, 0.1) is 0 Å². The lowest BCUT2D eigenvalue weighted by molar-refractivity contribution is 0.273. The van der Waals surface area contributed by atoms with Crippen molar-refractivity contribution in [2.75, 3.05) is 0 Å². The van der Waals surface area contributed by atoms with Crippen LogP contribution >= 0.6 is 0 Å². The van der Waals surface area contributed by atoms with Gasteiger partial charge in [-0.25, -0.2) is 0 Å². The van der Waals surface area contributed by atoms with Crippen LogP contribution in [0.15, 0.2) is 24.3 Å². The Morgan fingerprint density at radius 2 is 1.94 bits per heavy atom. The zero-order chi connectivity index (χ0) is 12.5.